The third-order valence-corrected chi connectivity index (χ3v) is 6.89. The van der Waals surface area contributed by atoms with E-state index in [-0.39, 0.29) is 11.5 Å². The van der Waals surface area contributed by atoms with Gasteiger partial charge in [0.15, 0.2) is 0 Å². The maximum absolute atomic E-state index is 13.1. The Morgan fingerprint density at radius 3 is 2.77 bits per heavy atom. The Labute approximate surface area is 184 Å². The quantitative estimate of drug-likeness (QED) is 0.481. The van der Waals surface area contributed by atoms with E-state index in [4.69, 9.17) is 4.98 Å². The number of aryl methyl sites for hydroxylation is 1. The van der Waals surface area contributed by atoms with Crippen LogP contribution in [0.25, 0.3) is 21.1 Å². The second-order valence-electron chi connectivity index (χ2n) is 8.12. The minimum Gasteiger partial charge on any atom is -0.335 e. The van der Waals surface area contributed by atoms with E-state index in [1.807, 2.05) is 28.8 Å². The van der Waals surface area contributed by atoms with Gasteiger partial charge in [0.25, 0.3) is 11.5 Å². The molecule has 1 amide bonds. The van der Waals surface area contributed by atoms with Gasteiger partial charge in [-0.2, -0.15) is 0 Å². The second kappa shape index (κ2) is 8.23. The van der Waals surface area contributed by atoms with Crippen molar-refractivity contribution in [1.29, 1.82) is 0 Å². The molecule has 6 nitrogen and oxygen atoms in total. The molecular weight excluding hydrogens is 408 g/mol. The van der Waals surface area contributed by atoms with Crippen molar-refractivity contribution in [3.05, 3.63) is 69.2 Å². The molecule has 31 heavy (non-hydrogen) atoms. The largest absolute Gasteiger partial charge is 0.335 e. The number of aromatic nitrogens is 3. The lowest BCUT2D eigenvalue weighted by molar-refractivity contribution is 0.0785. The summed E-state index contributed by atoms with van der Waals surface area (Å²) in [5.41, 5.74) is 2.11. The van der Waals surface area contributed by atoms with Crippen LogP contribution in [0.2, 0.25) is 0 Å². The Hall–Kier alpha value is -3.06. The number of benzene rings is 2. The summed E-state index contributed by atoms with van der Waals surface area (Å²) in [4.78, 5) is 37.1. The number of carbonyl (C=O) groups excluding carboxylic acids is 1. The van der Waals surface area contributed by atoms with E-state index in [1.54, 1.807) is 41.5 Å². The summed E-state index contributed by atoms with van der Waals surface area (Å²) in [6, 6.07) is 13.2. The van der Waals surface area contributed by atoms with E-state index in [0.29, 0.717) is 23.0 Å². The first kappa shape index (κ1) is 19.9. The van der Waals surface area contributed by atoms with Crippen molar-refractivity contribution in [2.45, 2.75) is 45.2 Å². The summed E-state index contributed by atoms with van der Waals surface area (Å²) in [7, 11) is 1.78. The molecule has 2 aromatic carbocycles. The standard InChI is InChI=1S/C24H24N4O2S/c1-27(15-22-26-18-8-5-6-9-20(18)31-22)23(29)16-11-12-17-19(14-16)25-21-10-4-2-3-7-13-28(21)24(17)30/h5-6,8-9,11-12,14H,2-4,7,10,13,15H2,1H3. The highest BCUT2D eigenvalue weighted by molar-refractivity contribution is 7.18. The van der Waals surface area contributed by atoms with Crippen LogP contribution >= 0.6 is 11.3 Å². The van der Waals surface area contributed by atoms with Crippen LogP contribution < -0.4 is 5.56 Å². The van der Waals surface area contributed by atoms with E-state index in [1.165, 1.54) is 6.42 Å². The number of nitrogens with zero attached hydrogens (tertiary/aromatic N) is 4. The highest BCUT2D eigenvalue weighted by Crippen LogP contribution is 2.23. The molecule has 0 atom stereocenters. The number of rotatable bonds is 3. The van der Waals surface area contributed by atoms with Gasteiger partial charge in [-0.1, -0.05) is 25.0 Å². The second-order valence-corrected chi connectivity index (χ2v) is 9.23. The fourth-order valence-corrected chi connectivity index (χ4v) is 5.23. The molecule has 0 spiro atoms. The van der Waals surface area contributed by atoms with Crippen LogP contribution in [-0.4, -0.2) is 32.4 Å². The highest BCUT2D eigenvalue weighted by Gasteiger charge is 2.18. The third kappa shape index (κ3) is 3.85. The third-order valence-electron chi connectivity index (χ3n) is 5.87. The molecule has 4 aromatic rings. The van der Waals surface area contributed by atoms with Crippen molar-refractivity contribution < 1.29 is 4.79 Å². The molecule has 0 N–H and O–H groups in total. The number of thiazole rings is 1. The van der Waals surface area contributed by atoms with E-state index < -0.39 is 0 Å². The molecule has 0 aliphatic carbocycles. The van der Waals surface area contributed by atoms with Gasteiger partial charge < -0.3 is 4.90 Å². The molecule has 5 rings (SSSR count). The number of hydrogen-bond donors (Lipinski definition) is 0. The van der Waals surface area contributed by atoms with Gasteiger partial charge in [-0.05, 0) is 43.2 Å². The minimum atomic E-state index is -0.102. The first-order valence-electron chi connectivity index (χ1n) is 10.7. The minimum absolute atomic E-state index is 0.00345. The molecule has 0 fully saturated rings. The predicted molar refractivity (Wildman–Crippen MR) is 124 cm³/mol. The molecule has 7 heteroatoms. The summed E-state index contributed by atoms with van der Waals surface area (Å²) >= 11 is 1.60. The molecule has 0 saturated carbocycles. The van der Waals surface area contributed by atoms with Gasteiger partial charge in [0.05, 0.1) is 27.7 Å². The van der Waals surface area contributed by atoms with Crippen LogP contribution in [0.5, 0.6) is 0 Å². The highest BCUT2D eigenvalue weighted by atomic mass is 32.1. The molecule has 0 bridgehead atoms. The Kier molecular flexibility index (Phi) is 5.28. The van der Waals surface area contributed by atoms with Crippen molar-refractivity contribution in [3.8, 4) is 0 Å². The maximum Gasteiger partial charge on any atom is 0.261 e. The Morgan fingerprint density at radius 2 is 1.90 bits per heavy atom. The van der Waals surface area contributed by atoms with E-state index >= 15 is 0 Å². The molecular formula is C24H24N4O2S. The average Bonchev–Trinajstić information content (AvgIpc) is 3.16. The van der Waals surface area contributed by atoms with Crippen LogP contribution in [0.1, 0.15) is 46.9 Å². The molecule has 158 valence electrons. The SMILES string of the molecule is CN(Cc1nc2ccccc2s1)C(=O)c1ccc2c(=O)n3c(nc2c1)CCCCCC3. The monoisotopic (exact) mass is 432 g/mol. The van der Waals surface area contributed by atoms with Crippen molar-refractivity contribution in [2.75, 3.05) is 7.05 Å². The Morgan fingerprint density at radius 1 is 1.06 bits per heavy atom. The van der Waals surface area contributed by atoms with Crippen LogP contribution in [0.3, 0.4) is 0 Å². The number of para-hydroxylation sites is 1. The summed E-state index contributed by atoms with van der Waals surface area (Å²) in [5, 5.41) is 1.48. The molecule has 1 aliphatic heterocycles. The van der Waals surface area contributed by atoms with Crippen LogP contribution in [0.4, 0.5) is 0 Å². The normalized spacial score (nSPS) is 14.2. The van der Waals surface area contributed by atoms with Crippen LogP contribution in [-0.2, 0) is 19.5 Å². The maximum atomic E-state index is 13.1. The Balaban J connectivity index is 1.44. The Bertz CT molecular complexity index is 1310. The van der Waals surface area contributed by atoms with E-state index in [2.05, 4.69) is 4.98 Å². The molecule has 1 aliphatic rings. The fraction of sp³-hybridized carbons (Fsp3) is 0.333. The first-order chi connectivity index (χ1) is 15.1. The van der Waals surface area contributed by atoms with Crippen molar-refractivity contribution >= 4 is 38.4 Å². The lowest BCUT2D eigenvalue weighted by Gasteiger charge is -2.18. The predicted octanol–water partition coefficient (Wildman–Crippen LogP) is 4.39. The zero-order valence-electron chi connectivity index (χ0n) is 17.5. The molecule has 0 saturated heterocycles. The van der Waals surface area contributed by atoms with E-state index in [9.17, 15) is 9.59 Å². The van der Waals surface area contributed by atoms with Gasteiger partial charge in [-0.3, -0.25) is 14.2 Å². The number of carbonyl (C=O) groups is 1. The smallest absolute Gasteiger partial charge is 0.261 e. The molecule has 0 radical (unpaired) electrons. The summed E-state index contributed by atoms with van der Waals surface area (Å²) < 4.78 is 2.94. The van der Waals surface area contributed by atoms with Crippen molar-refractivity contribution in [1.82, 2.24) is 19.4 Å². The zero-order valence-corrected chi connectivity index (χ0v) is 18.3. The number of amides is 1. The molecule has 3 heterocycles. The molecule has 2 aromatic heterocycles. The fourth-order valence-electron chi connectivity index (χ4n) is 4.21. The zero-order chi connectivity index (χ0) is 21.4. The number of hydrogen-bond acceptors (Lipinski definition) is 5. The lowest BCUT2D eigenvalue weighted by Crippen LogP contribution is -2.28. The van der Waals surface area contributed by atoms with Gasteiger partial charge in [0, 0.05) is 25.6 Å². The van der Waals surface area contributed by atoms with Crippen molar-refractivity contribution in [3.63, 3.8) is 0 Å². The topological polar surface area (TPSA) is 68.1 Å². The van der Waals surface area contributed by atoms with Gasteiger partial charge in [0.1, 0.15) is 10.8 Å². The lowest BCUT2D eigenvalue weighted by atomic mass is 10.1. The van der Waals surface area contributed by atoms with Gasteiger partial charge in [0.2, 0.25) is 0 Å². The first-order valence-corrected chi connectivity index (χ1v) is 11.6. The summed E-state index contributed by atoms with van der Waals surface area (Å²) in [6.07, 6.45) is 5.18. The van der Waals surface area contributed by atoms with Gasteiger partial charge >= 0.3 is 0 Å². The molecule has 0 unspecified atom stereocenters. The van der Waals surface area contributed by atoms with Gasteiger partial charge in [-0.15, -0.1) is 11.3 Å². The van der Waals surface area contributed by atoms with Crippen LogP contribution in [0.15, 0.2) is 47.3 Å². The number of fused-ring (bicyclic) bond motifs is 3. The van der Waals surface area contributed by atoms with Crippen molar-refractivity contribution in [2.24, 2.45) is 0 Å². The van der Waals surface area contributed by atoms with Crippen LogP contribution in [0, 0.1) is 0 Å². The summed E-state index contributed by atoms with van der Waals surface area (Å²) in [5.74, 6) is 0.736. The van der Waals surface area contributed by atoms with E-state index in [0.717, 1.165) is 53.3 Å². The summed E-state index contributed by atoms with van der Waals surface area (Å²) in [6.45, 7) is 1.17. The van der Waals surface area contributed by atoms with Gasteiger partial charge in [-0.25, -0.2) is 9.97 Å². The average molecular weight is 433 g/mol.